The lowest BCUT2D eigenvalue weighted by Gasteiger charge is -2.06. The highest BCUT2D eigenvalue weighted by molar-refractivity contribution is 5.74. The van der Waals surface area contributed by atoms with Crippen molar-refractivity contribution in [1.29, 1.82) is 0 Å². The van der Waals surface area contributed by atoms with Crippen molar-refractivity contribution in [3.63, 3.8) is 0 Å². The molecule has 0 atom stereocenters. The standard InChI is InChI=1S/C12H26N2O.C10H22N2O/c1-3-5-7-9-11-14-12(15)13-10-8-6-4-2;1-3-5-6-7-9-12-10(13)11-8-4-2/h3-11H2,1-2H3,(H2,13,14,15);3-9H2,1-2H3,(H2,11,12,13). The fourth-order valence-corrected chi connectivity index (χ4v) is 2.45. The van der Waals surface area contributed by atoms with Gasteiger partial charge >= 0.3 is 12.1 Å². The molecule has 0 spiro atoms. The zero-order chi connectivity index (χ0) is 21.3. The Labute approximate surface area is 174 Å². The molecule has 0 fully saturated rings. The summed E-state index contributed by atoms with van der Waals surface area (Å²) in [6.07, 6.45) is 14.1. The van der Waals surface area contributed by atoms with Gasteiger partial charge in [0.05, 0.1) is 0 Å². The van der Waals surface area contributed by atoms with Gasteiger partial charge in [-0.05, 0) is 25.7 Å². The summed E-state index contributed by atoms with van der Waals surface area (Å²) in [6, 6.07) is -0.0408. The summed E-state index contributed by atoms with van der Waals surface area (Å²) in [7, 11) is 0. The summed E-state index contributed by atoms with van der Waals surface area (Å²) in [4.78, 5) is 22.2. The van der Waals surface area contributed by atoms with Gasteiger partial charge in [0.2, 0.25) is 0 Å². The maximum absolute atomic E-state index is 11.2. The molecule has 0 aromatic rings. The number of rotatable bonds is 16. The molecule has 0 aliphatic rings. The van der Waals surface area contributed by atoms with Crippen LogP contribution in [0.1, 0.15) is 105 Å². The van der Waals surface area contributed by atoms with Crippen molar-refractivity contribution in [2.45, 2.75) is 105 Å². The summed E-state index contributed by atoms with van der Waals surface area (Å²) < 4.78 is 0. The number of urea groups is 2. The summed E-state index contributed by atoms with van der Waals surface area (Å²) in [5, 5.41) is 11.3. The van der Waals surface area contributed by atoms with Crippen LogP contribution in [0.25, 0.3) is 0 Å². The molecule has 0 rings (SSSR count). The predicted molar refractivity (Wildman–Crippen MR) is 121 cm³/mol. The zero-order valence-electron chi connectivity index (χ0n) is 19.1. The molecule has 0 unspecified atom stereocenters. The Morgan fingerprint density at radius 1 is 0.429 bits per heavy atom. The fraction of sp³-hybridized carbons (Fsp3) is 0.909. The summed E-state index contributed by atoms with van der Waals surface area (Å²) in [5.74, 6) is 0. The van der Waals surface area contributed by atoms with E-state index in [-0.39, 0.29) is 12.1 Å². The molecule has 168 valence electrons. The molecular weight excluding hydrogens is 352 g/mol. The maximum Gasteiger partial charge on any atom is 0.314 e. The summed E-state index contributed by atoms with van der Waals surface area (Å²) >= 11 is 0. The molecule has 0 aromatic carbocycles. The molecule has 4 amide bonds. The van der Waals surface area contributed by atoms with Gasteiger partial charge in [-0.15, -0.1) is 0 Å². The van der Waals surface area contributed by atoms with Crippen LogP contribution in [0.5, 0.6) is 0 Å². The van der Waals surface area contributed by atoms with Crippen molar-refractivity contribution in [2.75, 3.05) is 26.2 Å². The topological polar surface area (TPSA) is 82.3 Å². The Hall–Kier alpha value is -1.46. The second-order valence-electron chi connectivity index (χ2n) is 7.19. The van der Waals surface area contributed by atoms with E-state index in [0.29, 0.717) is 0 Å². The highest BCUT2D eigenvalue weighted by Gasteiger charge is 1.97. The summed E-state index contributed by atoms with van der Waals surface area (Å²) in [5.41, 5.74) is 0. The van der Waals surface area contributed by atoms with Gasteiger partial charge in [0.15, 0.2) is 0 Å². The quantitative estimate of drug-likeness (QED) is 0.264. The van der Waals surface area contributed by atoms with Crippen molar-refractivity contribution in [3.8, 4) is 0 Å². The number of hydrogen-bond donors (Lipinski definition) is 4. The molecule has 6 nitrogen and oxygen atoms in total. The van der Waals surface area contributed by atoms with Crippen molar-refractivity contribution in [1.82, 2.24) is 21.3 Å². The van der Waals surface area contributed by atoms with Gasteiger partial charge in [0, 0.05) is 26.2 Å². The molecule has 0 saturated carbocycles. The van der Waals surface area contributed by atoms with E-state index in [2.05, 4.69) is 42.0 Å². The zero-order valence-corrected chi connectivity index (χ0v) is 19.1. The van der Waals surface area contributed by atoms with Crippen LogP contribution in [0.4, 0.5) is 9.59 Å². The Bertz CT molecular complexity index is 338. The number of nitrogens with one attached hydrogen (secondary N) is 4. The van der Waals surface area contributed by atoms with Gasteiger partial charge in [-0.1, -0.05) is 79.1 Å². The minimum absolute atomic E-state index is 0.0115. The molecule has 0 aromatic heterocycles. The lowest BCUT2D eigenvalue weighted by molar-refractivity contribution is 0.239. The van der Waals surface area contributed by atoms with Crippen molar-refractivity contribution in [3.05, 3.63) is 0 Å². The number of carbonyl (C=O) groups is 2. The van der Waals surface area contributed by atoms with E-state index in [0.717, 1.165) is 51.9 Å². The van der Waals surface area contributed by atoms with E-state index in [1.165, 1.54) is 51.4 Å². The first-order valence-corrected chi connectivity index (χ1v) is 11.7. The third-order valence-electron chi connectivity index (χ3n) is 4.23. The largest absolute Gasteiger partial charge is 0.338 e. The number of carbonyl (C=O) groups excluding carboxylic acids is 2. The monoisotopic (exact) mass is 400 g/mol. The lowest BCUT2D eigenvalue weighted by Crippen LogP contribution is -2.36. The Morgan fingerprint density at radius 2 is 0.750 bits per heavy atom. The van der Waals surface area contributed by atoms with Crippen LogP contribution in [0.3, 0.4) is 0 Å². The van der Waals surface area contributed by atoms with Gasteiger partial charge in [0.25, 0.3) is 0 Å². The third-order valence-corrected chi connectivity index (χ3v) is 4.23. The van der Waals surface area contributed by atoms with E-state index in [4.69, 9.17) is 0 Å². The van der Waals surface area contributed by atoms with Crippen LogP contribution in [0, 0.1) is 0 Å². The van der Waals surface area contributed by atoms with E-state index >= 15 is 0 Å². The van der Waals surface area contributed by atoms with E-state index in [9.17, 15) is 9.59 Å². The fourth-order valence-electron chi connectivity index (χ4n) is 2.45. The minimum atomic E-state index is -0.0293. The van der Waals surface area contributed by atoms with Crippen LogP contribution in [0.15, 0.2) is 0 Å². The second kappa shape index (κ2) is 25.5. The first kappa shape index (κ1) is 28.7. The Kier molecular flexibility index (Phi) is 26.2. The van der Waals surface area contributed by atoms with Crippen LogP contribution in [-0.2, 0) is 0 Å². The Balaban J connectivity index is 0. The second-order valence-corrected chi connectivity index (χ2v) is 7.19. The first-order chi connectivity index (χ1) is 13.6. The highest BCUT2D eigenvalue weighted by Crippen LogP contribution is 1.97. The molecule has 0 radical (unpaired) electrons. The minimum Gasteiger partial charge on any atom is -0.338 e. The van der Waals surface area contributed by atoms with Crippen molar-refractivity contribution >= 4 is 12.1 Å². The molecule has 0 aliphatic heterocycles. The van der Waals surface area contributed by atoms with Gasteiger partial charge in [0.1, 0.15) is 0 Å². The molecule has 0 aliphatic carbocycles. The molecular formula is C22H48N4O2. The van der Waals surface area contributed by atoms with E-state index < -0.39 is 0 Å². The van der Waals surface area contributed by atoms with Crippen LogP contribution in [0.2, 0.25) is 0 Å². The average Bonchev–Trinajstić information content (AvgIpc) is 2.70. The van der Waals surface area contributed by atoms with Crippen LogP contribution < -0.4 is 21.3 Å². The van der Waals surface area contributed by atoms with Gasteiger partial charge < -0.3 is 21.3 Å². The maximum atomic E-state index is 11.2. The predicted octanol–water partition coefficient (Wildman–Crippen LogP) is 5.33. The van der Waals surface area contributed by atoms with Crippen LogP contribution in [-0.4, -0.2) is 38.2 Å². The van der Waals surface area contributed by atoms with Gasteiger partial charge in [-0.25, -0.2) is 9.59 Å². The van der Waals surface area contributed by atoms with Gasteiger partial charge in [-0.2, -0.15) is 0 Å². The molecule has 28 heavy (non-hydrogen) atoms. The average molecular weight is 401 g/mol. The van der Waals surface area contributed by atoms with E-state index in [1.807, 2.05) is 6.92 Å². The van der Waals surface area contributed by atoms with Crippen molar-refractivity contribution < 1.29 is 9.59 Å². The lowest BCUT2D eigenvalue weighted by atomic mass is 10.2. The molecule has 0 bridgehead atoms. The van der Waals surface area contributed by atoms with Crippen LogP contribution >= 0.6 is 0 Å². The summed E-state index contributed by atoms with van der Waals surface area (Å²) in [6.45, 7) is 11.7. The highest BCUT2D eigenvalue weighted by atomic mass is 16.2. The normalized spacial score (nSPS) is 9.86. The third kappa shape index (κ3) is 26.8. The van der Waals surface area contributed by atoms with E-state index in [1.54, 1.807) is 0 Å². The molecule has 0 saturated heterocycles. The smallest absolute Gasteiger partial charge is 0.314 e. The Morgan fingerprint density at radius 3 is 1.11 bits per heavy atom. The first-order valence-electron chi connectivity index (χ1n) is 11.7. The number of hydrogen-bond acceptors (Lipinski definition) is 2. The molecule has 0 heterocycles. The SMILES string of the molecule is CCCCCCNC(=O)NCCC.CCCCCCNC(=O)NCCCCC. The molecule has 4 N–H and O–H groups in total. The number of unbranched alkanes of at least 4 members (excludes halogenated alkanes) is 8. The van der Waals surface area contributed by atoms with Gasteiger partial charge in [-0.3, -0.25) is 0 Å². The number of amides is 4. The van der Waals surface area contributed by atoms with Crippen molar-refractivity contribution in [2.24, 2.45) is 0 Å². The molecule has 6 heteroatoms.